The average molecular weight is 1120 g/mol. The fourth-order valence-corrected chi connectivity index (χ4v) is 10.9. The van der Waals surface area contributed by atoms with Gasteiger partial charge in [-0.1, -0.05) is 289 Å². The Morgan fingerprint density at radius 2 is 0.810 bits per heavy atom. The molecule has 0 aromatic carbocycles. The molecule has 1 aliphatic rings. The minimum Gasteiger partial charge on any atom is -0.466 e. The van der Waals surface area contributed by atoms with Crippen LogP contribution in [0, 0.1) is 0 Å². The Morgan fingerprint density at radius 3 is 1.22 bits per heavy atom. The molecule has 11 nitrogen and oxygen atoms in total. The first-order chi connectivity index (χ1) is 38.7. The highest BCUT2D eigenvalue weighted by Crippen LogP contribution is 2.23. The van der Waals surface area contributed by atoms with Crippen molar-refractivity contribution in [1.29, 1.82) is 0 Å². The summed E-state index contributed by atoms with van der Waals surface area (Å²) in [4.78, 5) is 25.1. The molecule has 0 aromatic heterocycles. The number of amides is 1. The van der Waals surface area contributed by atoms with Crippen molar-refractivity contribution in [2.45, 2.75) is 378 Å². The number of ether oxygens (including phenoxy) is 3. The van der Waals surface area contributed by atoms with Gasteiger partial charge in [0.15, 0.2) is 6.29 Å². The molecule has 1 heterocycles. The Morgan fingerprint density at radius 1 is 0.456 bits per heavy atom. The molecule has 1 amide bonds. The van der Waals surface area contributed by atoms with Gasteiger partial charge >= 0.3 is 5.97 Å². The number of aliphatic hydroxyl groups excluding tert-OH is 5. The van der Waals surface area contributed by atoms with Crippen LogP contribution in [0.15, 0.2) is 24.3 Å². The number of carbonyl (C=O) groups excluding carboxylic acids is 2. The van der Waals surface area contributed by atoms with Gasteiger partial charge in [-0.05, 0) is 57.8 Å². The highest BCUT2D eigenvalue weighted by atomic mass is 16.7. The second kappa shape index (κ2) is 57.9. The number of nitrogens with one attached hydrogen (secondary N) is 1. The van der Waals surface area contributed by atoms with E-state index in [0.717, 1.165) is 70.6 Å². The van der Waals surface area contributed by atoms with E-state index >= 15 is 0 Å². The summed E-state index contributed by atoms with van der Waals surface area (Å²) < 4.78 is 16.7. The predicted molar refractivity (Wildman–Crippen MR) is 329 cm³/mol. The van der Waals surface area contributed by atoms with Gasteiger partial charge in [-0.25, -0.2) is 0 Å². The lowest BCUT2D eigenvalue weighted by Gasteiger charge is -2.40. The third-order valence-corrected chi connectivity index (χ3v) is 16.3. The molecule has 1 fully saturated rings. The van der Waals surface area contributed by atoms with E-state index in [-0.39, 0.29) is 18.5 Å². The summed E-state index contributed by atoms with van der Waals surface area (Å²) in [5.41, 5.74) is 0. The Hall–Kier alpha value is -1.86. The van der Waals surface area contributed by atoms with Crippen molar-refractivity contribution in [3.05, 3.63) is 24.3 Å². The third kappa shape index (κ3) is 47.2. The molecule has 1 aliphatic heterocycles. The average Bonchev–Trinajstić information content (AvgIpc) is 3.46. The molecule has 0 bridgehead atoms. The largest absolute Gasteiger partial charge is 0.466 e. The second-order valence-corrected chi connectivity index (χ2v) is 23.9. The molecule has 0 aromatic rings. The van der Waals surface area contributed by atoms with Gasteiger partial charge in [0.05, 0.1) is 32.0 Å². The lowest BCUT2D eigenvalue weighted by molar-refractivity contribution is -0.302. The fourth-order valence-electron chi connectivity index (χ4n) is 10.9. The minimum absolute atomic E-state index is 0.00494. The van der Waals surface area contributed by atoms with Crippen molar-refractivity contribution in [3.63, 3.8) is 0 Å². The van der Waals surface area contributed by atoms with Crippen molar-refractivity contribution in [1.82, 2.24) is 5.32 Å². The molecule has 7 unspecified atom stereocenters. The molecule has 1 saturated heterocycles. The molecule has 0 aliphatic carbocycles. The molecule has 0 radical (unpaired) electrons. The highest BCUT2D eigenvalue weighted by Gasteiger charge is 2.44. The Kier molecular flexibility index (Phi) is 55.1. The first kappa shape index (κ1) is 75.2. The van der Waals surface area contributed by atoms with Gasteiger partial charge in [-0.3, -0.25) is 9.59 Å². The summed E-state index contributed by atoms with van der Waals surface area (Å²) in [6.07, 6.45) is 61.7. The predicted octanol–water partition coefficient (Wildman–Crippen LogP) is 16.8. The van der Waals surface area contributed by atoms with E-state index in [1.807, 2.05) is 6.08 Å². The Balaban J connectivity index is 1.94. The zero-order valence-electron chi connectivity index (χ0n) is 51.6. The van der Waals surface area contributed by atoms with E-state index in [1.54, 1.807) is 6.08 Å². The molecule has 7 atom stereocenters. The monoisotopic (exact) mass is 1120 g/mol. The zero-order valence-corrected chi connectivity index (χ0v) is 51.6. The van der Waals surface area contributed by atoms with Crippen molar-refractivity contribution in [2.24, 2.45) is 0 Å². The van der Waals surface area contributed by atoms with E-state index < -0.39 is 49.5 Å². The van der Waals surface area contributed by atoms with E-state index in [0.29, 0.717) is 19.4 Å². The van der Waals surface area contributed by atoms with Crippen LogP contribution >= 0.6 is 0 Å². The van der Waals surface area contributed by atoms with E-state index in [1.165, 1.54) is 238 Å². The van der Waals surface area contributed by atoms with E-state index in [9.17, 15) is 35.1 Å². The van der Waals surface area contributed by atoms with Crippen LogP contribution in [0.5, 0.6) is 0 Å². The second-order valence-electron chi connectivity index (χ2n) is 23.9. The van der Waals surface area contributed by atoms with E-state index in [4.69, 9.17) is 14.2 Å². The van der Waals surface area contributed by atoms with Crippen molar-refractivity contribution >= 4 is 11.9 Å². The molecule has 0 saturated carbocycles. The Bertz CT molecular complexity index is 1360. The molecule has 466 valence electrons. The molecule has 6 N–H and O–H groups in total. The zero-order chi connectivity index (χ0) is 57.3. The number of unbranched alkanes of at least 4 members (excludes halogenated alkanes) is 44. The number of hydrogen-bond donors (Lipinski definition) is 6. The van der Waals surface area contributed by atoms with Crippen molar-refractivity contribution in [3.8, 4) is 0 Å². The van der Waals surface area contributed by atoms with Crippen LogP contribution in [0.3, 0.4) is 0 Å². The van der Waals surface area contributed by atoms with E-state index in [2.05, 4.69) is 31.3 Å². The number of allylic oxidation sites excluding steroid dienone is 3. The van der Waals surface area contributed by atoms with Gasteiger partial charge in [-0.15, -0.1) is 0 Å². The number of rotatable bonds is 60. The van der Waals surface area contributed by atoms with Crippen LogP contribution in [-0.4, -0.2) is 100 Å². The lowest BCUT2D eigenvalue weighted by atomic mass is 9.99. The summed E-state index contributed by atoms with van der Waals surface area (Å²) in [6, 6.07) is -0.813. The van der Waals surface area contributed by atoms with Crippen LogP contribution < -0.4 is 5.32 Å². The van der Waals surface area contributed by atoms with Gasteiger partial charge in [0.25, 0.3) is 0 Å². The van der Waals surface area contributed by atoms with Gasteiger partial charge in [0, 0.05) is 12.8 Å². The van der Waals surface area contributed by atoms with Crippen LogP contribution in [0.1, 0.15) is 335 Å². The van der Waals surface area contributed by atoms with Crippen LogP contribution in [-0.2, 0) is 23.8 Å². The van der Waals surface area contributed by atoms with Gasteiger partial charge in [-0.2, -0.15) is 0 Å². The number of esters is 1. The molecule has 0 spiro atoms. The first-order valence-electron chi connectivity index (χ1n) is 34.1. The van der Waals surface area contributed by atoms with Crippen LogP contribution in [0.25, 0.3) is 0 Å². The molecule has 79 heavy (non-hydrogen) atoms. The summed E-state index contributed by atoms with van der Waals surface area (Å²) in [7, 11) is 0. The van der Waals surface area contributed by atoms with Gasteiger partial charge in [0.2, 0.25) is 5.91 Å². The molecule has 1 rings (SSSR count). The maximum atomic E-state index is 13.0. The minimum atomic E-state index is -1.57. The number of carbonyl (C=O) groups is 2. The quantitative estimate of drug-likeness (QED) is 0.0195. The third-order valence-electron chi connectivity index (χ3n) is 16.3. The SMILES string of the molecule is CCCCCCCCC/C=C/C(O)C(COC1OC(CO)C(O)C(O)C1O)NC(=O)CCCCCCCCC/C=C\CCCCCCCCCCCCCCOC(=O)CCCCCCCCCCCCCCCCCCCCC. The van der Waals surface area contributed by atoms with Crippen LogP contribution in [0.4, 0.5) is 0 Å². The fraction of sp³-hybridized carbons (Fsp3) is 0.912. The summed E-state index contributed by atoms with van der Waals surface area (Å²) in [5.74, 6) is -0.184. The maximum absolute atomic E-state index is 13.0. The lowest BCUT2D eigenvalue weighted by Crippen LogP contribution is -2.60. The molecule has 11 heteroatoms. The summed E-state index contributed by atoms with van der Waals surface area (Å²) in [5, 5.41) is 54.2. The summed E-state index contributed by atoms with van der Waals surface area (Å²) in [6.45, 7) is 4.34. The smallest absolute Gasteiger partial charge is 0.305 e. The summed E-state index contributed by atoms with van der Waals surface area (Å²) >= 11 is 0. The highest BCUT2D eigenvalue weighted by molar-refractivity contribution is 5.76. The standard InChI is InChI=1S/C68H129NO10/c1-3-5-7-9-11-13-14-15-16-17-23-27-30-33-36-40-44-48-52-56-64(73)77-57-53-49-45-41-37-34-31-28-25-22-20-18-19-21-24-26-29-32-35-39-43-47-51-55-63(72)69-60(61(71)54-50-46-42-38-12-10-8-6-4-2)59-78-68-67(76)66(75)65(74)62(58-70)79-68/h21,24,50,54,60-62,65-68,70-71,74-76H,3-20,22-23,25-49,51-53,55-59H2,1-2H3,(H,69,72)/b24-21-,54-50+. The maximum Gasteiger partial charge on any atom is 0.305 e. The normalized spacial score (nSPS) is 18.5. The molecular formula is C68H129NO10. The number of hydrogen-bond acceptors (Lipinski definition) is 10. The molecular weight excluding hydrogens is 991 g/mol. The Labute approximate surface area is 486 Å². The van der Waals surface area contributed by atoms with Gasteiger partial charge < -0.3 is 45.1 Å². The topological polar surface area (TPSA) is 175 Å². The number of aliphatic hydroxyl groups is 5. The van der Waals surface area contributed by atoms with Crippen molar-refractivity contribution < 1.29 is 49.3 Å². The van der Waals surface area contributed by atoms with Crippen molar-refractivity contribution in [2.75, 3.05) is 19.8 Å². The first-order valence-corrected chi connectivity index (χ1v) is 34.1. The van der Waals surface area contributed by atoms with Gasteiger partial charge in [0.1, 0.15) is 24.4 Å². The van der Waals surface area contributed by atoms with Crippen LogP contribution in [0.2, 0.25) is 0 Å².